The molecule has 4 rings (SSSR count). The van der Waals surface area contributed by atoms with Crippen molar-refractivity contribution in [2.24, 2.45) is 0 Å². The molecule has 0 spiro atoms. The van der Waals surface area contributed by atoms with Crippen LogP contribution in [0.3, 0.4) is 0 Å². The van der Waals surface area contributed by atoms with Crippen LogP contribution in [0.4, 0.5) is 5.69 Å². The Labute approximate surface area is 213 Å². The third-order valence-corrected chi connectivity index (χ3v) is 7.44. The van der Waals surface area contributed by atoms with Gasteiger partial charge in [0.1, 0.15) is 6.54 Å². The summed E-state index contributed by atoms with van der Waals surface area (Å²) < 4.78 is 0. The highest BCUT2D eigenvalue weighted by molar-refractivity contribution is 7.10. The zero-order valence-electron chi connectivity index (χ0n) is 19.4. The number of unbranched alkanes of at least 4 members (excludes halogenated alkanes) is 1. The summed E-state index contributed by atoms with van der Waals surface area (Å²) in [4.78, 5) is 42.0. The zero-order valence-corrected chi connectivity index (χ0v) is 20.9. The topological polar surface area (TPSA) is 83.8 Å². The van der Waals surface area contributed by atoms with Gasteiger partial charge in [-0.15, -0.1) is 11.3 Å². The minimum atomic E-state index is -0.501. The Morgan fingerprint density at radius 3 is 2.51 bits per heavy atom. The number of non-ortho nitro benzene ring substituents is 1. The molecule has 35 heavy (non-hydrogen) atoms. The lowest BCUT2D eigenvalue weighted by Gasteiger charge is -2.37. The van der Waals surface area contributed by atoms with Gasteiger partial charge in [0.25, 0.3) is 11.6 Å². The van der Waals surface area contributed by atoms with Crippen LogP contribution < -0.4 is 0 Å². The molecule has 7 nitrogen and oxygen atoms in total. The molecule has 0 unspecified atom stereocenters. The van der Waals surface area contributed by atoms with Gasteiger partial charge in [0, 0.05) is 40.7 Å². The number of halogens is 1. The van der Waals surface area contributed by atoms with Crippen molar-refractivity contribution in [1.29, 1.82) is 0 Å². The summed E-state index contributed by atoms with van der Waals surface area (Å²) in [6.07, 6.45) is 2.39. The molecule has 0 saturated heterocycles. The zero-order chi connectivity index (χ0) is 24.9. The van der Waals surface area contributed by atoms with E-state index in [9.17, 15) is 19.7 Å². The van der Waals surface area contributed by atoms with Gasteiger partial charge >= 0.3 is 0 Å². The lowest BCUT2D eigenvalue weighted by molar-refractivity contribution is -0.384. The van der Waals surface area contributed by atoms with Crippen molar-refractivity contribution in [3.05, 3.63) is 96.7 Å². The Hall–Kier alpha value is -3.23. The molecular formula is C26H26ClN3O4S. The van der Waals surface area contributed by atoms with Crippen LogP contribution >= 0.6 is 22.9 Å². The molecular weight excluding hydrogens is 486 g/mol. The molecule has 0 saturated carbocycles. The molecule has 0 aliphatic carbocycles. The quantitative estimate of drug-likeness (QED) is 0.286. The second-order valence-electron chi connectivity index (χ2n) is 8.47. The van der Waals surface area contributed by atoms with Gasteiger partial charge in [0.05, 0.1) is 11.0 Å². The lowest BCUT2D eigenvalue weighted by Crippen LogP contribution is -2.47. The third kappa shape index (κ3) is 5.55. The summed E-state index contributed by atoms with van der Waals surface area (Å²) in [7, 11) is 0. The van der Waals surface area contributed by atoms with Crippen molar-refractivity contribution in [3.63, 3.8) is 0 Å². The van der Waals surface area contributed by atoms with Gasteiger partial charge in [-0.3, -0.25) is 19.7 Å². The van der Waals surface area contributed by atoms with Crippen molar-refractivity contribution >= 4 is 40.4 Å². The molecule has 1 aliphatic heterocycles. The van der Waals surface area contributed by atoms with Crippen molar-refractivity contribution in [3.8, 4) is 0 Å². The number of rotatable bonds is 8. The van der Waals surface area contributed by atoms with Gasteiger partial charge in [-0.05, 0) is 59.7 Å². The first-order chi connectivity index (χ1) is 16.9. The van der Waals surface area contributed by atoms with Crippen LogP contribution in [0.2, 0.25) is 5.02 Å². The van der Waals surface area contributed by atoms with Gasteiger partial charge in [-0.25, -0.2) is 0 Å². The Morgan fingerprint density at radius 1 is 1.14 bits per heavy atom. The number of carbonyl (C=O) groups excluding carboxylic acids is 2. The third-order valence-electron chi connectivity index (χ3n) is 6.19. The van der Waals surface area contributed by atoms with E-state index in [4.69, 9.17) is 11.6 Å². The van der Waals surface area contributed by atoms with Crippen molar-refractivity contribution in [2.45, 2.75) is 32.2 Å². The number of hydrogen-bond acceptors (Lipinski definition) is 5. The number of hydrogen-bond donors (Lipinski definition) is 0. The number of fused-ring (bicyclic) bond motifs is 1. The molecule has 182 valence electrons. The molecule has 1 aromatic heterocycles. The second-order valence-corrected chi connectivity index (χ2v) is 9.91. The van der Waals surface area contributed by atoms with Crippen LogP contribution in [-0.4, -0.2) is 46.2 Å². The fourth-order valence-electron chi connectivity index (χ4n) is 4.35. The summed E-state index contributed by atoms with van der Waals surface area (Å²) in [6.45, 7) is 2.96. The number of nitrogens with zero attached hydrogens (tertiary/aromatic N) is 3. The number of thiophene rings is 1. The summed E-state index contributed by atoms with van der Waals surface area (Å²) in [5, 5.41) is 13.6. The first-order valence-corrected chi connectivity index (χ1v) is 12.8. The maximum atomic E-state index is 13.7. The number of carbonyl (C=O) groups is 2. The van der Waals surface area contributed by atoms with E-state index in [1.165, 1.54) is 29.1 Å². The molecule has 0 N–H and O–H groups in total. The average molecular weight is 512 g/mol. The molecule has 2 amide bonds. The summed E-state index contributed by atoms with van der Waals surface area (Å²) in [6, 6.07) is 14.9. The molecule has 2 heterocycles. The molecule has 0 radical (unpaired) electrons. The Morgan fingerprint density at radius 2 is 1.86 bits per heavy atom. The standard InChI is InChI=1S/C26H26ClN3O4S/c1-2-3-14-28(26(32)19-6-10-21(11-7-19)30(33)34)17-24(31)29-15-12-23-22(13-16-35-23)25(29)18-4-8-20(27)9-5-18/h4-11,13,16,25H,2-3,12,14-15,17H2,1H3/t25-/m0/s1. The summed E-state index contributed by atoms with van der Waals surface area (Å²) >= 11 is 7.80. The van der Waals surface area contributed by atoms with Crippen LogP contribution in [0.15, 0.2) is 60.0 Å². The summed E-state index contributed by atoms with van der Waals surface area (Å²) in [5.41, 5.74) is 2.33. The van der Waals surface area contributed by atoms with E-state index >= 15 is 0 Å². The molecule has 1 atom stereocenters. The van der Waals surface area contributed by atoms with E-state index in [1.807, 2.05) is 41.5 Å². The summed E-state index contributed by atoms with van der Waals surface area (Å²) in [5.74, 6) is -0.439. The molecule has 1 aliphatic rings. The Kier molecular flexibility index (Phi) is 7.83. The maximum Gasteiger partial charge on any atom is 0.269 e. The van der Waals surface area contributed by atoms with Crippen LogP contribution in [0.1, 0.15) is 52.2 Å². The highest BCUT2D eigenvalue weighted by atomic mass is 35.5. The monoisotopic (exact) mass is 511 g/mol. The smallest absolute Gasteiger partial charge is 0.269 e. The Balaban J connectivity index is 1.59. The number of nitro benzene ring substituents is 1. The largest absolute Gasteiger partial charge is 0.330 e. The van der Waals surface area contributed by atoms with Crippen LogP contribution in [0, 0.1) is 10.1 Å². The fraction of sp³-hybridized carbons (Fsp3) is 0.308. The van der Waals surface area contributed by atoms with E-state index in [1.54, 1.807) is 16.2 Å². The normalized spacial score (nSPS) is 14.9. The first kappa shape index (κ1) is 24.9. The van der Waals surface area contributed by atoms with Gasteiger partial charge in [0.15, 0.2) is 0 Å². The molecule has 2 aromatic carbocycles. The van der Waals surface area contributed by atoms with E-state index in [2.05, 4.69) is 6.07 Å². The van der Waals surface area contributed by atoms with Crippen molar-refractivity contribution < 1.29 is 14.5 Å². The predicted octanol–water partition coefficient (Wildman–Crippen LogP) is 5.73. The van der Waals surface area contributed by atoms with Crippen molar-refractivity contribution in [2.75, 3.05) is 19.6 Å². The highest BCUT2D eigenvalue weighted by Gasteiger charge is 2.34. The molecule has 3 aromatic rings. The van der Waals surface area contributed by atoms with E-state index < -0.39 is 4.92 Å². The van der Waals surface area contributed by atoms with Gasteiger partial charge < -0.3 is 9.80 Å². The van der Waals surface area contributed by atoms with Gasteiger partial charge in [0.2, 0.25) is 5.91 Å². The Bertz CT molecular complexity index is 1210. The first-order valence-electron chi connectivity index (χ1n) is 11.5. The minimum Gasteiger partial charge on any atom is -0.330 e. The lowest BCUT2D eigenvalue weighted by atomic mass is 9.93. The predicted molar refractivity (Wildman–Crippen MR) is 137 cm³/mol. The van der Waals surface area contributed by atoms with Crippen LogP contribution in [0.5, 0.6) is 0 Å². The van der Waals surface area contributed by atoms with Crippen LogP contribution in [-0.2, 0) is 11.2 Å². The number of amides is 2. The highest BCUT2D eigenvalue weighted by Crippen LogP contribution is 2.38. The van der Waals surface area contributed by atoms with Gasteiger partial charge in [-0.2, -0.15) is 0 Å². The molecule has 0 fully saturated rings. The SMILES string of the molecule is CCCCN(CC(=O)N1CCc2sccc2[C@@H]1c1ccc(Cl)cc1)C(=O)c1ccc([N+](=O)[O-])cc1. The van der Waals surface area contributed by atoms with E-state index in [0.717, 1.165) is 30.4 Å². The minimum absolute atomic E-state index is 0.0562. The second kappa shape index (κ2) is 11.0. The maximum absolute atomic E-state index is 13.7. The average Bonchev–Trinajstić information content (AvgIpc) is 3.35. The van der Waals surface area contributed by atoms with E-state index in [-0.39, 0.29) is 30.1 Å². The number of nitro groups is 1. The molecule has 0 bridgehead atoms. The van der Waals surface area contributed by atoms with Gasteiger partial charge in [-0.1, -0.05) is 37.1 Å². The van der Waals surface area contributed by atoms with Crippen molar-refractivity contribution in [1.82, 2.24) is 9.80 Å². The fourth-order valence-corrected chi connectivity index (χ4v) is 5.38. The van der Waals surface area contributed by atoms with E-state index in [0.29, 0.717) is 23.7 Å². The van der Waals surface area contributed by atoms with Crippen LogP contribution in [0.25, 0.3) is 0 Å². The molecule has 9 heteroatoms. The number of benzene rings is 2.